The maximum absolute atomic E-state index is 12.5. The summed E-state index contributed by atoms with van der Waals surface area (Å²) in [5.41, 5.74) is 7.70. The number of fused-ring (bicyclic) bond motifs is 1. The molecule has 1 unspecified atom stereocenters. The van der Waals surface area contributed by atoms with Crippen molar-refractivity contribution >= 4 is 27.3 Å². The Balaban J connectivity index is 2.02. The number of aromatic nitrogens is 2. The zero-order chi connectivity index (χ0) is 18.9. The molecule has 0 saturated heterocycles. The minimum atomic E-state index is -3.16. The molecule has 1 aromatic carbocycles. The van der Waals surface area contributed by atoms with Crippen LogP contribution in [0.5, 0.6) is 0 Å². The quantitative estimate of drug-likeness (QED) is 0.770. The van der Waals surface area contributed by atoms with Gasteiger partial charge in [0.15, 0.2) is 0 Å². The van der Waals surface area contributed by atoms with Crippen molar-refractivity contribution in [2.75, 3.05) is 16.4 Å². The second-order valence-electron chi connectivity index (χ2n) is 6.04. The van der Waals surface area contributed by atoms with Crippen LogP contribution in [0.2, 0.25) is 0 Å². The van der Waals surface area contributed by atoms with Crippen molar-refractivity contribution in [3.63, 3.8) is 0 Å². The topological polar surface area (TPSA) is 137 Å². The highest BCUT2D eigenvalue weighted by molar-refractivity contribution is 7.92. The highest BCUT2D eigenvalue weighted by atomic mass is 32.2. The number of nitriles is 1. The highest BCUT2D eigenvalue weighted by Crippen LogP contribution is 2.32. The lowest BCUT2D eigenvalue weighted by atomic mass is 10.1. The van der Waals surface area contributed by atoms with Crippen molar-refractivity contribution in [2.45, 2.75) is 31.5 Å². The lowest BCUT2D eigenvalue weighted by molar-refractivity contribution is -0.117. The molecule has 134 valence electrons. The second kappa shape index (κ2) is 6.72. The molecular weight excluding hydrogens is 352 g/mol. The van der Waals surface area contributed by atoms with Gasteiger partial charge in [-0.25, -0.2) is 19.0 Å². The first kappa shape index (κ1) is 17.8. The Morgan fingerprint density at radius 2 is 2.19 bits per heavy atom. The van der Waals surface area contributed by atoms with Crippen molar-refractivity contribution in [2.24, 2.45) is 0 Å². The summed E-state index contributed by atoms with van der Waals surface area (Å²) in [6.07, 6.45) is 0.610. The Kier molecular flexibility index (Phi) is 4.61. The molecule has 1 aliphatic rings. The van der Waals surface area contributed by atoms with Gasteiger partial charge < -0.3 is 5.73 Å². The number of benzene rings is 1. The van der Waals surface area contributed by atoms with Gasteiger partial charge in [-0.2, -0.15) is 5.26 Å². The van der Waals surface area contributed by atoms with Crippen LogP contribution in [0.1, 0.15) is 30.0 Å². The van der Waals surface area contributed by atoms with Crippen molar-refractivity contribution in [1.82, 2.24) is 9.97 Å². The number of hydrogen-bond donors (Lipinski definition) is 2. The Labute approximate surface area is 151 Å². The largest absolute Gasteiger partial charge is 0.383 e. The number of amides is 1. The first-order chi connectivity index (χ1) is 12.4. The first-order valence-corrected chi connectivity index (χ1v) is 9.80. The number of nitrogens with two attached hydrogens (primary N) is 1. The smallest absolute Gasteiger partial charge is 0.233 e. The number of nitrogen functional groups attached to an aromatic ring is 1. The van der Waals surface area contributed by atoms with Crippen LogP contribution < -0.4 is 10.6 Å². The first-order valence-electron chi connectivity index (χ1n) is 8.08. The molecule has 0 fully saturated rings. The predicted molar refractivity (Wildman–Crippen MR) is 96.8 cm³/mol. The number of carbonyl (C=O) groups is 1. The Morgan fingerprint density at radius 1 is 1.42 bits per heavy atom. The standard InChI is InChI=1S/C17H18N6O2S/c1-2-6-26(20,25)17-21-15(19)13-8-14(24)23(16(13)22-17)10-12-5-3-4-11(7-12)9-18/h3-5,7,20H,2,6,8,10H2,1H3,(H2,19,21,22). The summed E-state index contributed by atoms with van der Waals surface area (Å²) in [6, 6.07) is 8.99. The monoisotopic (exact) mass is 370 g/mol. The molecule has 0 aliphatic carbocycles. The zero-order valence-electron chi connectivity index (χ0n) is 14.2. The van der Waals surface area contributed by atoms with Gasteiger partial charge in [-0.15, -0.1) is 0 Å². The molecule has 0 spiro atoms. The van der Waals surface area contributed by atoms with E-state index in [1.54, 1.807) is 18.2 Å². The fourth-order valence-corrected chi connectivity index (χ4v) is 4.07. The van der Waals surface area contributed by atoms with Crippen LogP contribution >= 0.6 is 0 Å². The fourth-order valence-electron chi connectivity index (χ4n) is 2.84. The average Bonchev–Trinajstić information content (AvgIpc) is 2.92. The molecule has 0 bridgehead atoms. The molecule has 1 atom stereocenters. The number of rotatable bonds is 5. The molecule has 26 heavy (non-hydrogen) atoms. The molecule has 1 aliphatic heterocycles. The van der Waals surface area contributed by atoms with E-state index < -0.39 is 9.73 Å². The summed E-state index contributed by atoms with van der Waals surface area (Å²) < 4.78 is 20.5. The van der Waals surface area contributed by atoms with Gasteiger partial charge in [0.2, 0.25) is 11.1 Å². The predicted octanol–water partition coefficient (Wildman–Crippen LogP) is 1.84. The molecule has 3 rings (SSSR count). The van der Waals surface area contributed by atoms with E-state index in [0.29, 0.717) is 23.4 Å². The SMILES string of the molecule is CCCS(=N)(=O)c1nc(N)c2c(n1)N(Cc1cccc(C#N)c1)C(=O)C2. The van der Waals surface area contributed by atoms with Crippen LogP contribution in [-0.4, -0.2) is 25.8 Å². The minimum Gasteiger partial charge on any atom is -0.383 e. The summed E-state index contributed by atoms with van der Waals surface area (Å²) in [7, 11) is -3.16. The Morgan fingerprint density at radius 3 is 2.88 bits per heavy atom. The number of nitrogens with one attached hydrogen (secondary N) is 1. The van der Waals surface area contributed by atoms with Gasteiger partial charge in [0.1, 0.15) is 21.4 Å². The van der Waals surface area contributed by atoms with E-state index in [1.807, 2.05) is 13.0 Å². The number of hydrogen-bond acceptors (Lipinski definition) is 7. The molecular formula is C17H18N6O2S. The van der Waals surface area contributed by atoms with Gasteiger partial charge in [-0.3, -0.25) is 9.69 Å². The van der Waals surface area contributed by atoms with E-state index in [-0.39, 0.29) is 35.6 Å². The third-order valence-electron chi connectivity index (χ3n) is 4.06. The summed E-state index contributed by atoms with van der Waals surface area (Å²) in [5, 5.41) is 8.89. The summed E-state index contributed by atoms with van der Waals surface area (Å²) in [5.74, 6) is 0.315. The molecule has 0 radical (unpaired) electrons. The maximum atomic E-state index is 12.5. The number of nitrogens with zero attached hydrogens (tertiary/aromatic N) is 4. The van der Waals surface area contributed by atoms with E-state index >= 15 is 0 Å². The van der Waals surface area contributed by atoms with E-state index in [1.165, 1.54) is 4.90 Å². The lowest BCUT2D eigenvalue weighted by Crippen LogP contribution is -2.27. The third kappa shape index (κ3) is 3.23. The third-order valence-corrected chi connectivity index (χ3v) is 5.82. The summed E-state index contributed by atoms with van der Waals surface area (Å²) in [6.45, 7) is 2.03. The number of anilines is 2. The van der Waals surface area contributed by atoms with Crippen molar-refractivity contribution in [3.05, 3.63) is 41.0 Å². The minimum absolute atomic E-state index is 0.0619. The van der Waals surface area contributed by atoms with Crippen LogP contribution in [0.15, 0.2) is 29.4 Å². The second-order valence-corrected chi connectivity index (χ2v) is 8.17. The molecule has 9 heteroatoms. The fraction of sp³-hybridized carbons (Fsp3) is 0.294. The Hall–Kier alpha value is -2.99. The lowest BCUT2D eigenvalue weighted by Gasteiger charge is -2.18. The molecule has 0 saturated carbocycles. The summed E-state index contributed by atoms with van der Waals surface area (Å²) in [4.78, 5) is 22.2. The Bertz CT molecular complexity index is 1030. The maximum Gasteiger partial charge on any atom is 0.233 e. The summed E-state index contributed by atoms with van der Waals surface area (Å²) >= 11 is 0. The molecule has 2 heterocycles. The molecule has 8 nitrogen and oxygen atoms in total. The highest BCUT2D eigenvalue weighted by Gasteiger charge is 2.33. The van der Waals surface area contributed by atoms with Crippen LogP contribution in [0.25, 0.3) is 0 Å². The number of carbonyl (C=O) groups excluding carboxylic acids is 1. The molecule has 2 aromatic rings. The van der Waals surface area contributed by atoms with Crippen LogP contribution in [0, 0.1) is 16.1 Å². The van der Waals surface area contributed by atoms with E-state index in [9.17, 15) is 9.00 Å². The van der Waals surface area contributed by atoms with Crippen LogP contribution in [-0.2, 0) is 27.5 Å². The van der Waals surface area contributed by atoms with Crippen molar-refractivity contribution in [1.29, 1.82) is 10.0 Å². The van der Waals surface area contributed by atoms with E-state index in [2.05, 4.69) is 16.0 Å². The van der Waals surface area contributed by atoms with Crippen molar-refractivity contribution in [3.8, 4) is 6.07 Å². The zero-order valence-corrected chi connectivity index (χ0v) is 15.0. The van der Waals surface area contributed by atoms with Gasteiger partial charge in [-0.05, 0) is 24.1 Å². The molecule has 1 aromatic heterocycles. The van der Waals surface area contributed by atoms with Gasteiger partial charge in [0.25, 0.3) is 0 Å². The average molecular weight is 370 g/mol. The normalized spacial score (nSPS) is 15.4. The van der Waals surface area contributed by atoms with E-state index in [0.717, 1.165) is 5.56 Å². The molecule has 3 N–H and O–H groups in total. The van der Waals surface area contributed by atoms with Gasteiger partial charge in [-0.1, -0.05) is 19.1 Å². The van der Waals surface area contributed by atoms with Gasteiger partial charge >= 0.3 is 0 Å². The van der Waals surface area contributed by atoms with Gasteiger partial charge in [0.05, 0.1) is 24.6 Å². The van der Waals surface area contributed by atoms with E-state index in [4.69, 9.17) is 15.8 Å². The van der Waals surface area contributed by atoms with Crippen LogP contribution in [0.3, 0.4) is 0 Å². The van der Waals surface area contributed by atoms with Crippen molar-refractivity contribution < 1.29 is 9.00 Å². The van der Waals surface area contributed by atoms with Gasteiger partial charge in [0, 0.05) is 11.3 Å². The molecule has 1 amide bonds. The van der Waals surface area contributed by atoms with Crippen LogP contribution in [0.4, 0.5) is 11.6 Å².